The SMILES string of the molecule is CCc1ccc(Cn2cnc3c2N=CN=C2N(Cc4ccc(C)cc4)C(=O)CC23c2ccc(CO)cc2)cc1. The fraction of sp³-hybridized carbons (Fsp3) is 0.250. The van der Waals surface area contributed by atoms with E-state index in [-0.39, 0.29) is 18.9 Å². The summed E-state index contributed by atoms with van der Waals surface area (Å²) in [4.78, 5) is 30.0. The van der Waals surface area contributed by atoms with E-state index in [2.05, 4.69) is 43.3 Å². The second kappa shape index (κ2) is 10.1. The van der Waals surface area contributed by atoms with E-state index in [1.54, 1.807) is 11.2 Å². The lowest BCUT2D eigenvalue weighted by Gasteiger charge is -2.29. The first-order valence-corrected chi connectivity index (χ1v) is 13.3. The number of amides is 1. The lowest BCUT2D eigenvalue weighted by molar-refractivity contribution is -0.126. The zero-order valence-corrected chi connectivity index (χ0v) is 22.2. The maximum Gasteiger partial charge on any atom is 0.230 e. The molecule has 0 saturated carbocycles. The molecule has 1 N–H and O–H groups in total. The van der Waals surface area contributed by atoms with Gasteiger partial charge in [0.15, 0.2) is 5.82 Å². The number of hydrogen-bond donors (Lipinski definition) is 1. The van der Waals surface area contributed by atoms with Gasteiger partial charge < -0.3 is 9.67 Å². The predicted molar refractivity (Wildman–Crippen MR) is 152 cm³/mol. The number of likely N-dealkylation sites (tertiary alicyclic amines) is 1. The molecule has 2 aliphatic rings. The van der Waals surface area contributed by atoms with E-state index < -0.39 is 5.41 Å². The van der Waals surface area contributed by atoms with Gasteiger partial charge in [0, 0.05) is 6.42 Å². The predicted octanol–water partition coefficient (Wildman–Crippen LogP) is 5.09. The highest BCUT2D eigenvalue weighted by Gasteiger charge is 2.55. The number of nitrogens with zero attached hydrogens (tertiary/aromatic N) is 5. The Bertz CT molecular complexity index is 1570. The summed E-state index contributed by atoms with van der Waals surface area (Å²) >= 11 is 0. The number of rotatable bonds is 7. The van der Waals surface area contributed by atoms with E-state index in [1.807, 2.05) is 54.2 Å². The molecule has 1 amide bonds. The van der Waals surface area contributed by atoms with Crippen LogP contribution in [-0.4, -0.2) is 37.6 Å². The molecule has 0 bridgehead atoms. The highest BCUT2D eigenvalue weighted by molar-refractivity contribution is 6.16. The number of carbonyl (C=O) groups excluding carboxylic acids is 1. The number of aliphatic imine (C=N–C) groups is 2. The smallest absolute Gasteiger partial charge is 0.230 e. The molecule has 196 valence electrons. The normalized spacial score (nSPS) is 18.1. The number of aliphatic hydroxyl groups excluding tert-OH is 1. The fourth-order valence-corrected chi connectivity index (χ4v) is 5.56. The highest BCUT2D eigenvalue weighted by atomic mass is 16.3. The third-order valence-electron chi connectivity index (χ3n) is 7.80. The number of aryl methyl sites for hydroxylation is 2. The maximum atomic E-state index is 13.7. The minimum atomic E-state index is -0.890. The van der Waals surface area contributed by atoms with Crippen LogP contribution in [0.3, 0.4) is 0 Å². The van der Waals surface area contributed by atoms with Crippen molar-refractivity contribution < 1.29 is 9.90 Å². The number of carbonyl (C=O) groups is 1. The minimum Gasteiger partial charge on any atom is -0.392 e. The zero-order valence-electron chi connectivity index (χ0n) is 22.2. The molecule has 2 aliphatic heterocycles. The highest BCUT2D eigenvalue weighted by Crippen LogP contribution is 2.47. The van der Waals surface area contributed by atoms with Gasteiger partial charge in [-0.25, -0.2) is 15.0 Å². The molecule has 6 rings (SSSR count). The molecule has 4 aromatic rings. The number of aliphatic hydroxyl groups is 1. The van der Waals surface area contributed by atoms with Gasteiger partial charge >= 0.3 is 0 Å². The average Bonchev–Trinajstić information content (AvgIpc) is 3.43. The van der Waals surface area contributed by atoms with Gasteiger partial charge in [-0.1, -0.05) is 85.3 Å². The minimum absolute atomic E-state index is 0.00786. The third-order valence-corrected chi connectivity index (χ3v) is 7.80. The first kappa shape index (κ1) is 24.9. The molecule has 0 aliphatic carbocycles. The average molecular weight is 518 g/mol. The van der Waals surface area contributed by atoms with Crippen LogP contribution >= 0.6 is 0 Å². The van der Waals surface area contributed by atoms with Crippen molar-refractivity contribution >= 4 is 23.9 Å². The molecule has 0 spiro atoms. The Kier molecular flexibility index (Phi) is 6.45. The van der Waals surface area contributed by atoms with Gasteiger partial charge in [0.25, 0.3) is 0 Å². The second-order valence-corrected chi connectivity index (χ2v) is 10.3. The van der Waals surface area contributed by atoms with E-state index in [1.165, 1.54) is 11.1 Å². The van der Waals surface area contributed by atoms with Gasteiger partial charge in [0.05, 0.1) is 26.0 Å². The van der Waals surface area contributed by atoms with Gasteiger partial charge in [-0.3, -0.25) is 9.69 Å². The van der Waals surface area contributed by atoms with Crippen LogP contribution in [0, 0.1) is 6.92 Å². The molecule has 7 nitrogen and oxygen atoms in total. The molecule has 3 heterocycles. The van der Waals surface area contributed by atoms with Crippen LogP contribution in [0.2, 0.25) is 0 Å². The van der Waals surface area contributed by atoms with Crippen molar-refractivity contribution in [3.63, 3.8) is 0 Å². The first-order valence-electron chi connectivity index (χ1n) is 13.3. The fourth-order valence-electron chi connectivity index (χ4n) is 5.56. The van der Waals surface area contributed by atoms with Crippen molar-refractivity contribution in [3.8, 4) is 0 Å². The summed E-state index contributed by atoms with van der Waals surface area (Å²) in [5.41, 5.74) is 6.19. The van der Waals surface area contributed by atoms with Crippen molar-refractivity contribution in [2.24, 2.45) is 9.98 Å². The summed E-state index contributed by atoms with van der Waals surface area (Å²) < 4.78 is 2.03. The quantitative estimate of drug-likeness (QED) is 0.371. The summed E-state index contributed by atoms with van der Waals surface area (Å²) in [7, 11) is 0. The number of hydrogen-bond acceptors (Lipinski definition) is 5. The molecule has 0 radical (unpaired) electrons. The van der Waals surface area contributed by atoms with Crippen LogP contribution in [0.25, 0.3) is 0 Å². The van der Waals surface area contributed by atoms with E-state index in [0.29, 0.717) is 24.7 Å². The lowest BCUT2D eigenvalue weighted by atomic mass is 9.75. The van der Waals surface area contributed by atoms with Crippen molar-refractivity contribution in [2.45, 2.75) is 51.8 Å². The number of imidazole rings is 1. The molecule has 3 aromatic carbocycles. The molecule has 1 unspecified atom stereocenters. The van der Waals surface area contributed by atoms with Crippen molar-refractivity contribution in [1.29, 1.82) is 0 Å². The van der Waals surface area contributed by atoms with Crippen molar-refractivity contribution in [3.05, 3.63) is 118 Å². The molecular weight excluding hydrogens is 486 g/mol. The molecule has 1 saturated heterocycles. The number of amidine groups is 1. The monoisotopic (exact) mass is 517 g/mol. The largest absolute Gasteiger partial charge is 0.392 e. The van der Waals surface area contributed by atoms with Gasteiger partial charge in [0.2, 0.25) is 5.91 Å². The van der Waals surface area contributed by atoms with Gasteiger partial charge in [-0.2, -0.15) is 0 Å². The van der Waals surface area contributed by atoms with E-state index >= 15 is 0 Å². The Morgan fingerprint density at radius 2 is 1.51 bits per heavy atom. The number of benzene rings is 3. The van der Waals surface area contributed by atoms with Crippen LogP contribution in [-0.2, 0) is 36.3 Å². The van der Waals surface area contributed by atoms with E-state index in [4.69, 9.17) is 15.0 Å². The van der Waals surface area contributed by atoms with Crippen molar-refractivity contribution in [1.82, 2.24) is 14.5 Å². The molecule has 1 aromatic heterocycles. The molecule has 39 heavy (non-hydrogen) atoms. The Morgan fingerprint density at radius 3 is 2.21 bits per heavy atom. The van der Waals surface area contributed by atoms with E-state index in [0.717, 1.165) is 34.4 Å². The second-order valence-electron chi connectivity index (χ2n) is 10.3. The molecular formula is C32H31N5O2. The molecule has 7 heteroatoms. The summed E-state index contributed by atoms with van der Waals surface area (Å²) in [6.07, 6.45) is 4.57. The number of fused-ring (bicyclic) bond motifs is 3. The Balaban J connectivity index is 1.45. The maximum absolute atomic E-state index is 13.7. The Morgan fingerprint density at radius 1 is 0.872 bits per heavy atom. The Hall–Kier alpha value is -4.36. The lowest BCUT2D eigenvalue weighted by Crippen LogP contribution is -2.39. The van der Waals surface area contributed by atoms with Gasteiger partial charge in [-0.05, 0) is 41.2 Å². The number of aromatic nitrogens is 2. The van der Waals surface area contributed by atoms with Crippen LogP contribution in [0.4, 0.5) is 5.82 Å². The third kappa shape index (κ3) is 4.38. The van der Waals surface area contributed by atoms with Crippen LogP contribution in [0.5, 0.6) is 0 Å². The topological polar surface area (TPSA) is 83.1 Å². The van der Waals surface area contributed by atoms with Crippen molar-refractivity contribution in [2.75, 3.05) is 0 Å². The summed E-state index contributed by atoms with van der Waals surface area (Å²) in [6.45, 7) is 5.18. The molecule has 1 atom stereocenters. The summed E-state index contributed by atoms with van der Waals surface area (Å²) in [5, 5.41) is 9.65. The zero-order chi connectivity index (χ0) is 27.0. The Labute approximate surface area is 228 Å². The van der Waals surface area contributed by atoms with E-state index in [9.17, 15) is 9.90 Å². The first-order chi connectivity index (χ1) is 19.0. The van der Waals surface area contributed by atoms with Crippen LogP contribution < -0.4 is 0 Å². The van der Waals surface area contributed by atoms with Gasteiger partial charge in [0.1, 0.15) is 23.3 Å². The van der Waals surface area contributed by atoms with Crippen LogP contribution in [0.1, 0.15) is 52.4 Å². The summed E-state index contributed by atoms with van der Waals surface area (Å²) in [6, 6.07) is 24.5. The molecule has 1 fully saturated rings. The van der Waals surface area contributed by atoms with Crippen LogP contribution in [0.15, 0.2) is 89.1 Å². The van der Waals surface area contributed by atoms with Gasteiger partial charge in [-0.15, -0.1) is 0 Å². The summed E-state index contributed by atoms with van der Waals surface area (Å²) in [5.74, 6) is 1.32. The standard InChI is InChI=1S/C32H31N5O2/c1-3-23-8-10-24(11-9-23)17-36-21-35-29-30(36)33-20-34-31-32(29,27-14-12-26(19-38)13-15-27)16-28(39)37(31)18-25-6-4-22(2)5-7-25/h4-15,20-21,38H,3,16-19H2,1-2H3.